The highest BCUT2D eigenvalue weighted by Crippen LogP contribution is 2.30. The average Bonchev–Trinajstić information content (AvgIpc) is 3.39. The van der Waals surface area contributed by atoms with Crippen molar-refractivity contribution in [3.63, 3.8) is 0 Å². The minimum Gasteiger partial charge on any atom is -0.434 e. The Morgan fingerprint density at radius 2 is 2.09 bits per heavy atom. The number of benzene rings is 1. The zero-order valence-electron chi connectivity index (χ0n) is 16.2. The maximum Gasteiger partial charge on any atom is 0.257 e. The molecule has 0 radical (unpaired) electrons. The van der Waals surface area contributed by atoms with Crippen molar-refractivity contribution in [1.82, 2.24) is 24.4 Å². The second-order valence-electron chi connectivity index (χ2n) is 6.47. The largest absolute Gasteiger partial charge is 0.434 e. The summed E-state index contributed by atoms with van der Waals surface area (Å²) in [6, 6.07) is 7.14. The first-order valence-corrected chi connectivity index (χ1v) is 9.71. The molecule has 0 aliphatic carbocycles. The van der Waals surface area contributed by atoms with Gasteiger partial charge in [-0.15, -0.1) is 16.7 Å². The Morgan fingerprint density at radius 1 is 1.25 bits per heavy atom. The lowest BCUT2D eigenvalue weighted by atomic mass is 10.3. The number of nitrogens with one attached hydrogen (secondary N) is 2. The highest BCUT2D eigenvalue weighted by atomic mass is 35.5. The molecule has 0 atom stereocenters. The number of nitrogens with zero attached hydrogens (tertiary/aromatic N) is 5. The van der Waals surface area contributed by atoms with Crippen molar-refractivity contribution in [3.8, 4) is 11.6 Å². The van der Waals surface area contributed by atoms with Gasteiger partial charge in [0.1, 0.15) is 17.9 Å². The lowest BCUT2D eigenvalue weighted by molar-refractivity contribution is -0.113. The summed E-state index contributed by atoms with van der Waals surface area (Å²) in [6.45, 7) is -0.552. The molecule has 0 fully saturated rings. The molecular formula is C19H15ClF3N7O2. The number of rotatable bonds is 8. The van der Waals surface area contributed by atoms with Gasteiger partial charge in [0.05, 0.1) is 11.9 Å². The van der Waals surface area contributed by atoms with Crippen molar-refractivity contribution in [3.05, 3.63) is 54.7 Å². The zero-order chi connectivity index (χ0) is 22.7. The van der Waals surface area contributed by atoms with Gasteiger partial charge in [0, 0.05) is 24.1 Å². The Kier molecular flexibility index (Phi) is 6.12. The monoisotopic (exact) mass is 465 g/mol. The molecule has 0 unspecified atom stereocenters. The quantitative estimate of drug-likeness (QED) is 0.381. The van der Waals surface area contributed by atoms with Crippen LogP contribution in [-0.4, -0.2) is 42.6 Å². The molecule has 0 saturated carbocycles. The molecular weight excluding hydrogens is 451 g/mol. The molecule has 3 heterocycles. The fourth-order valence-electron chi connectivity index (χ4n) is 2.79. The number of anilines is 3. The van der Waals surface area contributed by atoms with E-state index in [9.17, 15) is 18.0 Å². The van der Waals surface area contributed by atoms with Gasteiger partial charge in [0.2, 0.25) is 17.7 Å². The number of hydrogen-bond donors (Lipinski definition) is 2. The molecule has 0 spiro atoms. The zero-order valence-corrected chi connectivity index (χ0v) is 16.9. The van der Waals surface area contributed by atoms with E-state index in [0.717, 1.165) is 10.7 Å². The van der Waals surface area contributed by atoms with Gasteiger partial charge in [-0.2, -0.15) is 10.1 Å². The fraction of sp³-hybridized carbons (Fsp3) is 0.158. The molecule has 3 aromatic heterocycles. The van der Waals surface area contributed by atoms with Crippen molar-refractivity contribution in [2.75, 3.05) is 16.5 Å². The predicted octanol–water partition coefficient (Wildman–Crippen LogP) is 4.04. The molecule has 13 heteroatoms. The summed E-state index contributed by atoms with van der Waals surface area (Å²) in [5.74, 6) is -1.50. The van der Waals surface area contributed by atoms with Gasteiger partial charge in [-0.25, -0.2) is 17.7 Å². The van der Waals surface area contributed by atoms with Gasteiger partial charge >= 0.3 is 0 Å². The third kappa shape index (κ3) is 4.91. The van der Waals surface area contributed by atoms with Crippen LogP contribution in [0.5, 0.6) is 11.6 Å². The van der Waals surface area contributed by atoms with Crippen LogP contribution in [0, 0.1) is 5.82 Å². The van der Waals surface area contributed by atoms with E-state index in [-0.39, 0.29) is 29.1 Å². The third-order valence-electron chi connectivity index (χ3n) is 4.11. The van der Waals surface area contributed by atoms with Crippen molar-refractivity contribution < 1.29 is 22.7 Å². The lowest BCUT2D eigenvalue weighted by Crippen LogP contribution is -2.12. The molecule has 2 N–H and O–H groups in total. The highest BCUT2D eigenvalue weighted by molar-refractivity contribution is 6.29. The summed E-state index contributed by atoms with van der Waals surface area (Å²) in [6.07, 6.45) is 1.80. The van der Waals surface area contributed by atoms with Crippen molar-refractivity contribution in [1.29, 1.82) is 0 Å². The molecule has 4 aromatic rings. The minimum atomic E-state index is -2.55. The number of halogens is 4. The predicted molar refractivity (Wildman–Crippen MR) is 110 cm³/mol. The van der Waals surface area contributed by atoms with E-state index in [2.05, 4.69) is 25.8 Å². The molecule has 4 rings (SSSR count). The number of fused-ring (bicyclic) bond motifs is 1. The summed E-state index contributed by atoms with van der Waals surface area (Å²) in [5.41, 5.74) is 1.11. The van der Waals surface area contributed by atoms with Crippen LogP contribution in [0.3, 0.4) is 0 Å². The molecule has 0 bridgehead atoms. The molecule has 0 aliphatic rings. The van der Waals surface area contributed by atoms with Gasteiger partial charge in [-0.1, -0.05) is 0 Å². The summed E-state index contributed by atoms with van der Waals surface area (Å²) in [5, 5.41) is 13.4. The van der Waals surface area contributed by atoms with Gasteiger partial charge in [-0.3, -0.25) is 9.48 Å². The number of aromatic nitrogens is 5. The minimum absolute atomic E-state index is 0.0205. The molecule has 166 valence electrons. The van der Waals surface area contributed by atoms with Crippen molar-refractivity contribution in [2.24, 2.45) is 0 Å². The van der Waals surface area contributed by atoms with E-state index in [1.54, 1.807) is 18.3 Å². The summed E-state index contributed by atoms with van der Waals surface area (Å²) in [7, 11) is 0. The van der Waals surface area contributed by atoms with Gasteiger partial charge in [-0.05, 0) is 24.3 Å². The standard InChI is InChI=1S/C19H15ClF3N7O2/c20-7-17(31)25-11-3-4-13(21)15(6-11)32-18-14-2-1-5-30(14)28-19(27-18)26-12-8-24-29(9-12)10-16(22)23/h1-6,8-9,16H,7,10H2,(H,25,31)(H,26,28). The molecule has 9 nitrogen and oxygen atoms in total. The first kappa shape index (κ1) is 21.4. The number of hydrogen-bond acceptors (Lipinski definition) is 6. The van der Waals surface area contributed by atoms with E-state index in [4.69, 9.17) is 16.3 Å². The number of amides is 1. The average molecular weight is 466 g/mol. The first-order valence-electron chi connectivity index (χ1n) is 9.17. The molecule has 32 heavy (non-hydrogen) atoms. The Morgan fingerprint density at radius 3 is 2.88 bits per heavy atom. The summed E-state index contributed by atoms with van der Waals surface area (Å²) < 4.78 is 47.6. The molecule has 1 aromatic carbocycles. The Hall–Kier alpha value is -3.80. The normalized spacial score (nSPS) is 11.2. The number of alkyl halides is 3. The summed E-state index contributed by atoms with van der Waals surface area (Å²) >= 11 is 5.48. The smallest absolute Gasteiger partial charge is 0.257 e. The highest BCUT2D eigenvalue weighted by Gasteiger charge is 2.15. The van der Waals surface area contributed by atoms with E-state index < -0.39 is 24.7 Å². The molecule has 1 amide bonds. The first-order chi connectivity index (χ1) is 15.4. The Balaban J connectivity index is 1.62. The van der Waals surface area contributed by atoms with E-state index in [0.29, 0.717) is 11.2 Å². The fourth-order valence-corrected chi connectivity index (χ4v) is 2.86. The summed E-state index contributed by atoms with van der Waals surface area (Å²) in [4.78, 5) is 15.8. The maximum atomic E-state index is 14.4. The van der Waals surface area contributed by atoms with Gasteiger partial charge in [0.25, 0.3) is 6.43 Å². The van der Waals surface area contributed by atoms with E-state index in [1.807, 2.05) is 0 Å². The Bertz CT molecular complexity index is 1260. The lowest BCUT2D eigenvalue weighted by Gasteiger charge is -2.11. The number of carbonyl (C=O) groups is 1. The van der Waals surface area contributed by atoms with Crippen LogP contribution in [0.1, 0.15) is 0 Å². The Labute approximate surface area is 183 Å². The molecule has 0 saturated heterocycles. The maximum absolute atomic E-state index is 14.4. The second kappa shape index (κ2) is 9.14. The van der Waals surface area contributed by atoms with Crippen LogP contribution in [0.25, 0.3) is 5.52 Å². The van der Waals surface area contributed by atoms with E-state index >= 15 is 0 Å². The number of ether oxygens (including phenoxy) is 1. The molecule has 0 aliphatic heterocycles. The van der Waals surface area contributed by atoms with Crippen molar-refractivity contribution in [2.45, 2.75) is 13.0 Å². The second-order valence-corrected chi connectivity index (χ2v) is 6.74. The van der Waals surface area contributed by atoms with E-state index in [1.165, 1.54) is 29.0 Å². The van der Waals surface area contributed by atoms with Gasteiger partial charge in [0.15, 0.2) is 11.6 Å². The SMILES string of the molecule is O=C(CCl)Nc1ccc(F)c(Oc2nc(Nc3cnn(CC(F)F)c3)nn3cccc23)c1. The van der Waals surface area contributed by atoms with Crippen LogP contribution >= 0.6 is 11.6 Å². The van der Waals surface area contributed by atoms with Crippen LogP contribution in [0.15, 0.2) is 48.9 Å². The van der Waals surface area contributed by atoms with Crippen LogP contribution in [0.2, 0.25) is 0 Å². The third-order valence-corrected chi connectivity index (χ3v) is 4.36. The van der Waals surface area contributed by atoms with Crippen LogP contribution in [-0.2, 0) is 11.3 Å². The van der Waals surface area contributed by atoms with Crippen molar-refractivity contribution >= 4 is 40.3 Å². The number of carbonyl (C=O) groups excluding carboxylic acids is 1. The van der Waals surface area contributed by atoms with Gasteiger partial charge < -0.3 is 15.4 Å². The van der Waals surface area contributed by atoms with Crippen LogP contribution in [0.4, 0.5) is 30.5 Å². The van der Waals surface area contributed by atoms with Crippen LogP contribution < -0.4 is 15.4 Å². The topological polar surface area (TPSA) is 98.4 Å².